The largest absolute Gasteiger partial charge is 0.340 e. The molecule has 21 heavy (non-hydrogen) atoms. The summed E-state index contributed by atoms with van der Waals surface area (Å²) in [5.41, 5.74) is 0.348. The highest BCUT2D eigenvalue weighted by Crippen LogP contribution is 2.20. The Hall–Kier alpha value is -1.22. The van der Waals surface area contributed by atoms with E-state index in [0.717, 1.165) is 23.2 Å². The van der Waals surface area contributed by atoms with E-state index in [9.17, 15) is 14.9 Å². The molecule has 0 aromatic heterocycles. The maximum Gasteiger partial charge on any atom is 0.270 e. The maximum atomic E-state index is 12.4. The van der Waals surface area contributed by atoms with Gasteiger partial charge in [0.1, 0.15) is 0 Å². The van der Waals surface area contributed by atoms with E-state index in [0.29, 0.717) is 12.1 Å². The van der Waals surface area contributed by atoms with Gasteiger partial charge >= 0.3 is 0 Å². The van der Waals surface area contributed by atoms with Crippen LogP contribution in [-0.4, -0.2) is 53.9 Å². The van der Waals surface area contributed by atoms with Crippen molar-refractivity contribution in [2.75, 3.05) is 33.2 Å². The molecular formula is C14H18IN3O3. The van der Waals surface area contributed by atoms with Crippen LogP contribution in [0.1, 0.15) is 23.2 Å². The number of hydrogen-bond donors (Lipinski definition) is 0. The minimum Gasteiger partial charge on any atom is -0.340 e. The summed E-state index contributed by atoms with van der Waals surface area (Å²) in [5, 5.41) is 10.8. The van der Waals surface area contributed by atoms with Gasteiger partial charge in [-0.2, -0.15) is 0 Å². The van der Waals surface area contributed by atoms with Crippen molar-refractivity contribution in [2.24, 2.45) is 0 Å². The van der Waals surface area contributed by atoms with Gasteiger partial charge in [-0.1, -0.05) is 0 Å². The highest BCUT2D eigenvalue weighted by atomic mass is 127. The fraction of sp³-hybridized carbons (Fsp3) is 0.500. The van der Waals surface area contributed by atoms with Crippen LogP contribution in [0.25, 0.3) is 0 Å². The monoisotopic (exact) mass is 403 g/mol. The van der Waals surface area contributed by atoms with Crippen LogP contribution in [0, 0.1) is 13.7 Å². The number of hydrogen-bond acceptors (Lipinski definition) is 4. The zero-order valence-corrected chi connectivity index (χ0v) is 14.1. The van der Waals surface area contributed by atoms with Crippen LogP contribution < -0.4 is 0 Å². The van der Waals surface area contributed by atoms with Crippen molar-refractivity contribution in [1.82, 2.24) is 9.80 Å². The van der Waals surface area contributed by atoms with Gasteiger partial charge in [0.2, 0.25) is 0 Å². The van der Waals surface area contributed by atoms with E-state index in [2.05, 4.69) is 4.90 Å². The fourth-order valence-electron chi connectivity index (χ4n) is 2.40. The van der Waals surface area contributed by atoms with E-state index >= 15 is 0 Å². The van der Waals surface area contributed by atoms with Gasteiger partial charge in [0, 0.05) is 35.8 Å². The number of halogens is 1. The zero-order valence-electron chi connectivity index (χ0n) is 11.9. The standard InChI is InChI=1S/C14H18IN3O3/c1-16(8-9-17-6-2-3-7-17)14(19)12-10-11(18(20)21)4-5-13(12)15/h4-5,10H,2-3,6-9H2,1H3. The summed E-state index contributed by atoms with van der Waals surface area (Å²) in [6.45, 7) is 3.68. The molecule has 0 atom stereocenters. The first-order valence-electron chi connectivity index (χ1n) is 6.91. The topological polar surface area (TPSA) is 66.7 Å². The number of nitro benzene ring substituents is 1. The molecule has 7 heteroatoms. The number of carbonyl (C=O) groups excluding carboxylic acids is 1. The Morgan fingerprint density at radius 2 is 2.10 bits per heavy atom. The van der Waals surface area contributed by atoms with Gasteiger partial charge in [-0.25, -0.2) is 0 Å². The third-order valence-electron chi connectivity index (χ3n) is 3.69. The van der Waals surface area contributed by atoms with Crippen molar-refractivity contribution in [1.29, 1.82) is 0 Å². The summed E-state index contributed by atoms with van der Waals surface area (Å²) in [6, 6.07) is 4.39. The van der Waals surface area contributed by atoms with E-state index in [1.165, 1.54) is 25.0 Å². The molecule has 1 heterocycles. The number of benzene rings is 1. The molecule has 1 amide bonds. The Bertz CT molecular complexity index is 544. The van der Waals surface area contributed by atoms with E-state index in [1.54, 1.807) is 18.0 Å². The van der Waals surface area contributed by atoms with Gasteiger partial charge in [0.25, 0.3) is 11.6 Å². The first kappa shape index (κ1) is 16.2. The molecule has 0 N–H and O–H groups in total. The molecule has 1 saturated heterocycles. The number of carbonyl (C=O) groups is 1. The molecule has 1 aromatic rings. The summed E-state index contributed by atoms with van der Waals surface area (Å²) in [4.78, 5) is 26.8. The lowest BCUT2D eigenvalue weighted by atomic mass is 10.2. The number of non-ortho nitro benzene ring substituents is 1. The molecule has 1 aliphatic rings. The second-order valence-corrected chi connectivity index (χ2v) is 6.36. The number of nitro groups is 1. The van der Waals surface area contributed by atoms with Crippen molar-refractivity contribution >= 4 is 34.2 Å². The summed E-state index contributed by atoms with van der Waals surface area (Å²) < 4.78 is 0.733. The van der Waals surface area contributed by atoms with Gasteiger partial charge in [0.15, 0.2) is 0 Å². The normalized spacial score (nSPS) is 15.1. The van der Waals surface area contributed by atoms with Crippen molar-refractivity contribution in [3.8, 4) is 0 Å². The minimum absolute atomic E-state index is 0.0493. The second kappa shape index (κ2) is 7.17. The first-order valence-corrected chi connectivity index (χ1v) is 7.98. The van der Waals surface area contributed by atoms with Crippen LogP contribution in [0.3, 0.4) is 0 Å². The van der Waals surface area contributed by atoms with Crippen LogP contribution in [0.5, 0.6) is 0 Å². The zero-order chi connectivity index (χ0) is 15.4. The molecule has 0 aliphatic carbocycles. The third-order valence-corrected chi connectivity index (χ3v) is 4.63. The van der Waals surface area contributed by atoms with E-state index in [1.807, 2.05) is 22.6 Å². The molecule has 0 bridgehead atoms. The van der Waals surface area contributed by atoms with E-state index in [-0.39, 0.29) is 11.6 Å². The average molecular weight is 403 g/mol. The van der Waals surface area contributed by atoms with Gasteiger partial charge in [-0.3, -0.25) is 14.9 Å². The smallest absolute Gasteiger partial charge is 0.270 e. The Kier molecular flexibility index (Phi) is 5.51. The number of likely N-dealkylation sites (tertiary alicyclic amines) is 1. The first-order chi connectivity index (χ1) is 9.99. The Morgan fingerprint density at radius 3 is 2.71 bits per heavy atom. The molecule has 2 rings (SSSR count). The highest BCUT2D eigenvalue weighted by Gasteiger charge is 2.20. The van der Waals surface area contributed by atoms with Crippen LogP contribution in [0.15, 0.2) is 18.2 Å². The van der Waals surface area contributed by atoms with Crippen LogP contribution in [0.2, 0.25) is 0 Å². The predicted octanol–water partition coefficient (Wildman–Crippen LogP) is 2.37. The maximum absolute atomic E-state index is 12.4. The van der Waals surface area contributed by atoms with Gasteiger partial charge in [0.05, 0.1) is 10.5 Å². The molecule has 114 valence electrons. The van der Waals surface area contributed by atoms with Crippen molar-refractivity contribution in [3.63, 3.8) is 0 Å². The quantitative estimate of drug-likeness (QED) is 0.430. The lowest BCUT2D eigenvalue weighted by Gasteiger charge is -2.22. The third kappa shape index (κ3) is 4.13. The molecule has 0 spiro atoms. The van der Waals surface area contributed by atoms with Gasteiger partial charge in [-0.15, -0.1) is 0 Å². The molecule has 1 aliphatic heterocycles. The molecule has 6 nitrogen and oxygen atoms in total. The van der Waals surface area contributed by atoms with Crippen LogP contribution in [-0.2, 0) is 0 Å². The summed E-state index contributed by atoms with van der Waals surface area (Å²) in [6.07, 6.45) is 2.45. The van der Waals surface area contributed by atoms with E-state index < -0.39 is 4.92 Å². The van der Waals surface area contributed by atoms with Gasteiger partial charge in [-0.05, 0) is 54.6 Å². The van der Waals surface area contributed by atoms with Crippen molar-refractivity contribution in [3.05, 3.63) is 37.4 Å². The Balaban J connectivity index is 2.03. The highest BCUT2D eigenvalue weighted by molar-refractivity contribution is 14.1. The SMILES string of the molecule is CN(CCN1CCCC1)C(=O)c1cc([N+](=O)[O-])ccc1I. The number of amides is 1. The fourth-order valence-corrected chi connectivity index (χ4v) is 2.96. The molecule has 0 saturated carbocycles. The molecule has 1 aromatic carbocycles. The minimum atomic E-state index is -0.475. The molecular weight excluding hydrogens is 385 g/mol. The molecule has 0 unspecified atom stereocenters. The number of nitrogens with zero attached hydrogens (tertiary/aromatic N) is 3. The van der Waals surface area contributed by atoms with Gasteiger partial charge < -0.3 is 9.80 Å². The Labute approximate surface area is 137 Å². The summed E-state index contributed by atoms with van der Waals surface area (Å²) in [5.74, 6) is -0.165. The molecule has 1 fully saturated rings. The summed E-state index contributed by atoms with van der Waals surface area (Å²) >= 11 is 2.04. The van der Waals surface area contributed by atoms with Crippen molar-refractivity contribution in [2.45, 2.75) is 12.8 Å². The molecule has 0 radical (unpaired) electrons. The summed E-state index contributed by atoms with van der Waals surface area (Å²) in [7, 11) is 1.74. The Morgan fingerprint density at radius 1 is 1.43 bits per heavy atom. The average Bonchev–Trinajstić information content (AvgIpc) is 2.97. The predicted molar refractivity (Wildman–Crippen MR) is 88.4 cm³/mol. The van der Waals surface area contributed by atoms with Crippen LogP contribution in [0.4, 0.5) is 5.69 Å². The lowest BCUT2D eigenvalue weighted by molar-refractivity contribution is -0.384. The number of likely N-dealkylation sites (N-methyl/N-ethyl adjacent to an activating group) is 1. The second-order valence-electron chi connectivity index (χ2n) is 5.20. The van der Waals surface area contributed by atoms with Crippen LogP contribution >= 0.6 is 22.6 Å². The van der Waals surface area contributed by atoms with Crippen molar-refractivity contribution < 1.29 is 9.72 Å². The number of rotatable bonds is 5. The van der Waals surface area contributed by atoms with E-state index in [4.69, 9.17) is 0 Å². The lowest BCUT2D eigenvalue weighted by Crippen LogP contribution is -2.35.